The molecule has 3 N–H and O–H groups in total. The molecule has 21 heavy (non-hydrogen) atoms. The molecule has 2 amide bonds. The smallest absolute Gasteiger partial charge is 0.315 e. The van der Waals surface area contributed by atoms with Crippen molar-refractivity contribution in [2.75, 3.05) is 6.54 Å². The van der Waals surface area contributed by atoms with Gasteiger partial charge < -0.3 is 15.7 Å². The summed E-state index contributed by atoms with van der Waals surface area (Å²) in [6, 6.07) is 2.95. The van der Waals surface area contributed by atoms with Crippen LogP contribution in [0.1, 0.15) is 48.9 Å². The van der Waals surface area contributed by atoms with Gasteiger partial charge in [-0.15, -0.1) is 0 Å². The monoisotopic (exact) mass is 294 g/mol. The largest absolute Gasteiger partial charge is 0.388 e. The standard InChI is InChI=1S/C16H23FN2O2/c1-10-7-13(8-11(2)14(10)17)12(3)19-15(20)18-9-16(21)5-4-6-16/h7-8,12,21H,4-6,9H2,1-3H3,(H2,18,19,20). The summed E-state index contributed by atoms with van der Waals surface area (Å²) in [6.07, 6.45) is 2.47. The zero-order valence-electron chi connectivity index (χ0n) is 12.8. The summed E-state index contributed by atoms with van der Waals surface area (Å²) in [5.41, 5.74) is 1.28. The van der Waals surface area contributed by atoms with Crippen LogP contribution in [0.15, 0.2) is 12.1 Å². The SMILES string of the molecule is Cc1cc(C(C)NC(=O)NCC2(O)CCC2)cc(C)c1F. The first kappa shape index (κ1) is 15.8. The van der Waals surface area contributed by atoms with Gasteiger partial charge in [-0.1, -0.05) is 12.1 Å². The maximum atomic E-state index is 13.6. The molecule has 1 aliphatic carbocycles. The molecule has 1 atom stereocenters. The fourth-order valence-electron chi connectivity index (χ4n) is 2.57. The van der Waals surface area contributed by atoms with Crippen LogP contribution in [0.2, 0.25) is 0 Å². The molecule has 1 saturated carbocycles. The number of urea groups is 1. The molecule has 0 aliphatic heterocycles. The Morgan fingerprint density at radius 1 is 1.38 bits per heavy atom. The van der Waals surface area contributed by atoms with Gasteiger partial charge in [0.15, 0.2) is 0 Å². The van der Waals surface area contributed by atoms with Gasteiger partial charge in [0.05, 0.1) is 11.6 Å². The van der Waals surface area contributed by atoms with E-state index in [0.29, 0.717) is 11.1 Å². The van der Waals surface area contributed by atoms with Crippen molar-refractivity contribution in [2.45, 2.75) is 51.7 Å². The number of aliphatic hydroxyl groups is 1. The number of amides is 2. The van der Waals surface area contributed by atoms with E-state index in [1.807, 2.05) is 6.92 Å². The van der Waals surface area contributed by atoms with E-state index in [0.717, 1.165) is 24.8 Å². The molecule has 1 aliphatic rings. The van der Waals surface area contributed by atoms with Crippen molar-refractivity contribution in [1.29, 1.82) is 0 Å². The zero-order chi connectivity index (χ0) is 15.6. The Balaban J connectivity index is 1.91. The van der Waals surface area contributed by atoms with Crippen molar-refractivity contribution >= 4 is 6.03 Å². The van der Waals surface area contributed by atoms with Crippen LogP contribution in [-0.2, 0) is 0 Å². The van der Waals surface area contributed by atoms with E-state index in [9.17, 15) is 14.3 Å². The second-order valence-electron chi connectivity index (χ2n) is 6.10. The average Bonchev–Trinajstić information content (AvgIpc) is 2.39. The van der Waals surface area contributed by atoms with Crippen LogP contribution in [0.3, 0.4) is 0 Å². The second kappa shape index (κ2) is 6.02. The molecular weight excluding hydrogens is 271 g/mol. The number of benzene rings is 1. The minimum Gasteiger partial charge on any atom is -0.388 e. The third-order valence-electron chi connectivity index (χ3n) is 4.17. The van der Waals surface area contributed by atoms with E-state index in [2.05, 4.69) is 10.6 Å². The molecule has 1 aromatic carbocycles. The number of nitrogens with one attached hydrogen (secondary N) is 2. The Morgan fingerprint density at radius 3 is 2.43 bits per heavy atom. The minimum atomic E-state index is -0.733. The van der Waals surface area contributed by atoms with Crippen molar-refractivity contribution in [3.63, 3.8) is 0 Å². The van der Waals surface area contributed by atoms with Crippen molar-refractivity contribution in [2.24, 2.45) is 0 Å². The summed E-state index contributed by atoms with van der Waals surface area (Å²) >= 11 is 0. The fourth-order valence-corrected chi connectivity index (χ4v) is 2.57. The number of halogens is 1. The van der Waals surface area contributed by atoms with Crippen molar-refractivity contribution in [1.82, 2.24) is 10.6 Å². The number of carbonyl (C=O) groups excluding carboxylic acids is 1. The van der Waals surface area contributed by atoms with Crippen LogP contribution in [-0.4, -0.2) is 23.3 Å². The lowest BCUT2D eigenvalue weighted by atomic mass is 9.80. The van der Waals surface area contributed by atoms with E-state index in [-0.39, 0.29) is 24.4 Å². The van der Waals surface area contributed by atoms with Crippen molar-refractivity contribution in [3.05, 3.63) is 34.6 Å². The number of rotatable bonds is 4. The summed E-state index contributed by atoms with van der Waals surface area (Å²) in [5.74, 6) is -0.206. The maximum absolute atomic E-state index is 13.6. The Labute approximate surface area is 124 Å². The van der Waals surface area contributed by atoms with Crippen LogP contribution < -0.4 is 10.6 Å². The lowest BCUT2D eigenvalue weighted by Crippen LogP contribution is -2.50. The van der Waals surface area contributed by atoms with E-state index in [1.165, 1.54) is 0 Å². The highest BCUT2D eigenvalue weighted by atomic mass is 19.1. The molecule has 1 fully saturated rings. The third-order valence-corrected chi connectivity index (χ3v) is 4.17. The van der Waals surface area contributed by atoms with Crippen LogP contribution >= 0.6 is 0 Å². The first-order valence-corrected chi connectivity index (χ1v) is 7.34. The molecule has 0 aromatic heterocycles. The van der Waals surface area contributed by atoms with E-state index >= 15 is 0 Å². The second-order valence-corrected chi connectivity index (χ2v) is 6.10. The molecule has 116 valence electrons. The summed E-state index contributed by atoms with van der Waals surface area (Å²) in [7, 11) is 0. The lowest BCUT2D eigenvalue weighted by Gasteiger charge is -2.36. The van der Waals surface area contributed by atoms with Gasteiger partial charge >= 0.3 is 6.03 Å². The Bertz CT molecular complexity index is 518. The summed E-state index contributed by atoms with van der Waals surface area (Å²) in [6.45, 7) is 5.55. The van der Waals surface area contributed by atoms with Crippen LogP contribution in [0, 0.1) is 19.7 Å². The lowest BCUT2D eigenvalue weighted by molar-refractivity contribution is -0.0290. The molecule has 0 radical (unpaired) electrons. The van der Waals surface area contributed by atoms with Gasteiger partial charge in [-0.25, -0.2) is 9.18 Å². The normalized spacial score (nSPS) is 17.8. The van der Waals surface area contributed by atoms with Gasteiger partial charge in [0.25, 0.3) is 0 Å². The van der Waals surface area contributed by atoms with E-state index in [1.54, 1.807) is 26.0 Å². The van der Waals surface area contributed by atoms with Gasteiger partial charge in [0.2, 0.25) is 0 Å². The van der Waals surface area contributed by atoms with Gasteiger partial charge in [0.1, 0.15) is 5.82 Å². The van der Waals surface area contributed by atoms with Crippen LogP contribution in [0.25, 0.3) is 0 Å². The molecule has 0 bridgehead atoms. The van der Waals surface area contributed by atoms with E-state index in [4.69, 9.17) is 0 Å². The molecule has 0 saturated heterocycles. The molecule has 0 heterocycles. The van der Waals surface area contributed by atoms with Gasteiger partial charge in [0, 0.05) is 6.54 Å². The Hall–Kier alpha value is -1.62. The molecule has 5 heteroatoms. The molecule has 1 aromatic rings. The quantitative estimate of drug-likeness (QED) is 0.799. The average molecular weight is 294 g/mol. The Kier molecular flexibility index (Phi) is 4.52. The number of carbonyl (C=O) groups is 1. The van der Waals surface area contributed by atoms with Crippen molar-refractivity contribution in [3.8, 4) is 0 Å². The van der Waals surface area contributed by atoms with Gasteiger partial charge in [-0.3, -0.25) is 0 Å². The first-order chi connectivity index (χ1) is 9.81. The molecule has 2 rings (SSSR count). The topological polar surface area (TPSA) is 61.4 Å². The zero-order valence-corrected chi connectivity index (χ0v) is 12.8. The molecule has 0 spiro atoms. The number of hydrogen-bond donors (Lipinski definition) is 3. The summed E-state index contributed by atoms with van der Waals surface area (Å²) in [4.78, 5) is 11.8. The van der Waals surface area contributed by atoms with Crippen molar-refractivity contribution < 1.29 is 14.3 Å². The first-order valence-electron chi connectivity index (χ1n) is 7.34. The highest BCUT2D eigenvalue weighted by Crippen LogP contribution is 2.30. The summed E-state index contributed by atoms with van der Waals surface area (Å²) < 4.78 is 13.6. The maximum Gasteiger partial charge on any atom is 0.315 e. The van der Waals surface area contributed by atoms with E-state index < -0.39 is 5.60 Å². The van der Waals surface area contributed by atoms with Gasteiger partial charge in [-0.2, -0.15) is 0 Å². The predicted octanol–water partition coefficient (Wildman–Crippen LogP) is 2.72. The fraction of sp³-hybridized carbons (Fsp3) is 0.562. The molecule has 1 unspecified atom stereocenters. The van der Waals surface area contributed by atoms with Crippen LogP contribution in [0.4, 0.5) is 9.18 Å². The molecular formula is C16H23FN2O2. The highest BCUT2D eigenvalue weighted by Gasteiger charge is 2.34. The molecule has 4 nitrogen and oxygen atoms in total. The Morgan fingerprint density at radius 2 is 1.95 bits per heavy atom. The predicted molar refractivity (Wildman–Crippen MR) is 79.6 cm³/mol. The minimum absolute atomic E-state index is 0.206. The number of aryl methyl sites for hydroxylation is 2. The number of hydrogen-bond acceptors (Lipinski definition) is 2. The summed E-state index contributed by atoms with van der Waals surface area (Å²) in [5, 5.41) is 15.4. The van der Waals surface area contributed by atoms with Gasteiger partial charge in [-0.05, 0) is 56.7 Å². The third kappa shape index (κ3) is 3.73. The highest BCUT2D eigenvalue weighted by molar-refractivity contribution is 5.74. The van der Waals surface area contributed by atoms with Crippen LogP contribution in [0.5, 0.6) is 0 Å².